The molecule has 7 N–H and O–H groups in total. The molecule has 0 saturated carbocycles. The van der Waals surface area contributed by atoms with E-state index in [9.17, 15) is 14.7 Å². The van der Waals surface area contributed by atoms with Crippen LogP contribution in [0.2, 0.25) is 6.32 Å². The molecule has 9 nitrogen and oxygen atoms in total. The first kappa shape index (κ1) is 31.1. The van der Waals surface area contributed by atoms with Crippen molar-refractivity contribution in [2.24, 2.45) is 5.73 Å². The van der Waals surface area contributed by atoms with Crippen LogP contribution in [0.4, 0.5) is 0 Å². The van der Waals surface area contributed by atoms with Crippen molar-refractivity contribution in [1.82, 2.24) is 9.80 Å². The Labute approximate surface area is 173 Å². The van der Waals surface area contributed by atoms with E-state index in [-0.39, 0.29) is 61.4 Å². The molecule has 0 aliphatic carbocycles. The van der Waals surface area contributed by atoms with E-state index in [0.29, 0.717) is 19.4 Å². The summed E-state index contributed by atoms with van der Waals surface area (Å²) in [5.41, 5.74) is 4.72. The fourth-order valence-corrected chi connectivity index (χ4v) is 3.12. The van der Waals surface area contributed by atoms with Crippen molar-refractivity contribution in [2.45, 2.75) is 56.4 Å². The van der Waals surface area contributed by atoms with Crippen LogP contribution in [0.3, 0.4) is 0 Å². The van der Waals surface area contributed by atoms with Gasteiger partial charge in [-0.25, -0.2) is 0 Å². The standard InChI is InChI=1S/C15H30BN3O5.2ClH.H2O/c1-18(2)13(20)12-6-5-10-19(12)11-8-15(17,14(21)22)7-3-4-9-16(23)24;;;/h12,23-24H,3-11,17H2,1-2H3,(H,21,22);2*1H;1H2. The average Bonchev–Trinajstić information content (AvgIpc) is 2.96. The van der Waals surface area contributed by atoms with Crippen LogP contribution in [0.5, 0.6) is 0 Å². The van der Waals surface area contributed by atoms with Crippen molar-refractivity contribution in [3.8, 4) is 0 Å². The normalized spacial score (nSPS) is 18.3. The maximum atomic E-state index is 12.2. The van der Waals surface area contributed by atoms with Gasteiger partial charge in [0.25, 0.3) is 0 Å². The lowest BCUT2D eigenvalue weighted by Crippen LogP contribution is -2.51. The maximum absolute atomic E-state index is 12.2. The van der Waals surface area contributed by atoms with Gasteiger partial charge in [0.1, 0.15) is 5.54 Å². The summed E-state index contributed by atoms with van der Waals surface area (Å²) in [7, 11) is 2.07. The maximum Gasteiger partial charge on any atom is 0.451 e. The first-order valence-corrected chi connectivity index (χ1v) is 8.51. The van der Waals surface area contributed by atoms with Gasteiger partial charge in [-0.1, -0.05) is 12.8 Å². The number of carboxylic acid groups (broad SMARTS) is 1. The van der Waals surface area contributed by atoms with Gasteiger partial charge < -0.3 is 31.3 Å². The molecule has 0 radical (unpaired) electrons. The number of amides is 1. The van der Waals surface area contributed by atoms with Gasteiger partial charge in [-0.05, 0) is 38.5 Å². The number of carboxylic acids is 1. The summed E-state index contributed by atoms with van der Waals surface area (Å²) in [5.74, 6) is -1.01. The van der Waals surface area contributed by atoms with Gasteiger partial charge in [0, 0.05) is 20.6 Å². The van der Waals surface area contributed by atoms with E-state index in [1.165, 1.54) is 0 Å². The highest BCUT2D eigenvalue weighted by molar-refractivity contribution is 6.40. The topological polar surface area (TPSA) is 159 Å². The highest BCUT2D eigenvalue weighted by Gasteiger charge is 2.37. The Bertz CT molecular complexity index is 448. The summed E-state index contributed by atoms with van der Waals surface area (Å²) < 4.78 is 0. The molecule has 0 aromatic carbocycles. The molecule has 0 aromatic heterocycles. The number of carbonyl (C=O) groups is 2. The second-order valence-electron chi connectivity index (χ2n) is 6.86. The van der Waals surface area contributed by atoms with Gasteiger partial charge in [0.05, 0.1) is 6.04 Å². The second kappa shape index (κ2) is 14.4. The van der Waals surface area contributed by atoms with Gasteiger partial charge in [-0.3, -0.25) is 14.5 Å². The Morgan fingerprint density at radius 3 is 2.30 bits per heavy atom. The zero-order valence-electron chi connectivity index (χ0n) is 16.0. The van der Waals surface area contributed by atoms with Crippen LogP contribution in [0, 0.1) is 0 Å². The van der Waals surface area contributed by atoms with E-state index < -0.39 is 18.6 Å². The van der Waals surface area contributed by atoms with Crippen LogP contribution in [-0.2, 0) is 9.59 Å². The molecule has 1 aliphatic rings. The van der Waals surface area contributed by atoms with Crippen LogP contribution in [0.1, 0.15) is 38.5 Å². The Morgan fingerprint density at radius 1 is 1.22 bits per heavy atom. The quantitative estimate of drug-likeness (QED) is 0.263. The number of hydrogen-bond donors (Lipinski definition) is 4. The molecule has 0 aromatic rings. The summed E-state index contributed by atoms with van der Waals surface area (Å²) in [6.45, 7) is 1.24. The number of rotatable bonds is 10. The molecule has 162 valence electrons. The van der Waals surface area contributed by atoms with Crippen LogP contribution < -0.4 is 5.73 Å². The number of nitrogens with zero attached hydrogens (tertiary/aromatic N) is 2. The number of likely N-dealkylation sites (tertiary alicyclic amines) is 1. The van der Waals surface area contributed by atoms with Crippen LogP contribution in [-0.4, -0.2) is 88.2 Å². The molecule has 1 amide bonds. The zero-order valence-corrected chi connectivity index (χ0v) is 17.6. The Balaban J connectivity index is -0.00000192. The number of carbonyl (C=O) groups excluding carboxylic acids is 1. The zero-order chi connectivity index (χ0) is 18.3. The number of halogens is 2. The summed E-state index contributed by atoms with van der Waals surface area (Å²) in [5, 5.41) is 27.1. The molecular weight excluding hydrogens is 400 g/mol. The van der Waals surface area contributed by atoms with Gasteiger partial charge in [-0.15, -0.1) is 24.8 Å². The Kier molecular flexibility index (Phi) is 16.6. The predicted octanol–water partition coefficient (Wildman–Crippen LogP) is -0.627. The first-order chi connectivity index (χ1) is 11.2. The minimum absolute atomic E-state index is 0. The van der Waals surface area contributed by atoms with Crippen molar-refractivity contribution >= 4 is 43.8 Å². The third-order valence-electron chi connectivity index (χ3n) is 4.70. The third kappa shape index (κ3) is 9.93. The first-order valence-electron chi connectivity index (χ1n) is 8.51. The van der Waals surface area contributed by atoms with E-state index in [1.807, 2.05) is 4.90 Å². The second-order valence-corrected chi connectivity index (χ2v) is 6.86. The molecule has 1 saturated heterocycles. The average molecular weight is 434 g/mol. The van der Waals surface area contributed by atoms with E-state index in [1.54, 1.807) is 19.0 Å². The van der Waals surface area contributed by atoms with Crippen LogP contribution >= 0.6 is 24.8 Å². The fourth-order valence-electron chi connectivity index (χ4n) is 3.12. The smallest absolute Gasteiger partial charge is 0.451 e. The highest BCUT2D eigenvalue weighted by atomic mass is 35.5. The summed E-state index contributed by atoms with van der Waals surface area (Å²) in [6, 6.07) is -0.192. The number of likely N-dealkylation sites (N-methyl/N-ethyl adjacent to an activating group) is 1. The lowest BCUT2D eigenvalue weighted by atomic mass is 9.81. The molecule has 2 unspecified atom stereocenters. The molecule has 1 aliphatic heterocycles. The predicted molar refractivity (Wildman–Crippen MR) is 109 cm³/mol. The largest absolute Gasteiger partial charge is 0.480 e. The minimum atomic E-state index is -1.37. The summed E-state index contributed by atoms with van der Waals surface area (Å²) >= 11 is 0. The van der Waals surface area contributed by atoms with Crippen LogP contribution in [0.15, 0.2) is 0 Å². The Morgan fingerprint density at radius 2 is 1.81 bits per heavy atom. The number of nitrogens with two attached hydrogens (primary N) is 1. The van der Waals surface area contributed by atoms with Gasteiger partial charge >= 0.3 is 13.1 Å². The van der Waals surface area contributed by atoms with E-state index in [4.69, 9.17) is 15.8 Å². The Hall–Kier alpha value is -0.615. The minimum Gasteiger partial charge on any atom is -0.480 e. The molecular formula is C15H34BCl2N3O6. The van der Waals surface area contributed by atoms with E-state index in [0.717, 1.165) is 19.4 Å². The molecule has 0 spiro atoms. The number of aliphatic carboxylic acids is 1. The van der Waals surface area contributed by atoms with Crippen molar-refractivity contribution in [2.75, 3.05) is 27.2 Å². The van der Waals surface area contributed by atoms with Crippen molar-refractivity contribution in [1.29, 1.82) is 0 Å². The molecule has 27 heavy (non-hydrogen) atoms. The summed E-state index contributed by atoms with van der Waals surface area (Å²) in [6.07, 6.45) is 3.48. The van der Waals surface area contributed by atoms with Gasteiger partial charge in [0.2, 0.25) is 5.91 Å². The molecule has 1 fully saturated rings. The van der Waals surface area contributed by atoms with Crippen molar-refractivity contribution < 1.29 is 30.2 Å². The lowest BCUT2D eigenvalue weighted by Gasteiger charge is -2.30. The third-order valence-corrected chi connectivity index (χ3v) is 4.70. The van der Waals surface area contributed by atoms with Gasteiger partial charge in [0.15, 0.2) is 0 Å². The fraction of sp³-hybridized carbons (Fsp3) is 0.867. The van der Waals surface area contributed by atoms with E-state index in [2.05, 4.69) is 0 Å². The lowest BCUT2D eigenvalue weighted by molar-refractivity contribution is -0.144. The summed E-state index contributed by atoms with van der Waals surface area (Å²) in [4.78, 5) is 27.3. The van der Waals surface area contributed by atoms with Gasteiger partial charge in [-0.2, -0.15) is 0 Å². The number of unbranched alkanes of at least 4 members (excludes halogenated alkanes) is 1. The SMILES string of the molecule is CN(C)C(=O)C1CCCN1CCC(N)(CCCCB(O)O)C(=O)O.Cl.Cl.O. The highest BCUT2D eigenvalue weighted by Crippen LogP contribution is 2.23. The van der Waals surface area contributed by atoms with E-state index >= 15 is 0 Å². The molecule has 0 bridgehead atoms. The monoisotopic (exact) mass is 433 g/mol. The van der Waals surface area contributed by atoms with Crippen molar-refractivity contribution in [3.05, 3.63) is 0 Å². The molecule has 1 heterocycles. The van der Waals surface area contributed by atoms with Crippen LogP contribution in [0.25, 0.3) is 0 Å². The molecule has 12 heteroatoms. The molecule has 1 rings (SSSR count). The number of hydrogen-bond acceptors (Lipinski definition) is 6. The van der Waals surface area contributed by atoms with Crippen molar-refractivity contribution in [3.63, 3.8) is 0 Å². The molecule has 2 atom stereocenters.